The summed E-state index contributed by atoms with van der Waals surface area (Å²) in [6.45, 7) is 8.21. The zero-order chi connectivity index (χ0) is 15.1. The fourth-order valence-corrected chi connectivity index (χ4v) is 2.04. The van der Waals surface area contributed by atoms with E-state index in [2.05, 4.69) is 34.3 Å². The Labute approximate surface area is 125 Å². The van der Waals surface area contributed by atoms with E-state index in [0.717, 1.165) is 31.0 Å². The first-order chi connectivity index (χ1) is 10.2. The molecule has 2 rings (SSSR count). The maximum absolute atomic E-state index is 5.00. The van der Waals surface area contributed by atoms with E-state index in [1.54, 1.807) is 13.4 Å². The Morgan fingerprint density at radius 3 is 2.95 bits per heavy atom. The second-order valence-corrected chi connectivity index (χ2v) is 5.47. The van der Waals surface area contributed by atoms with Gasteiger partial charge in [-0.1, -0.05) is 13.8 Å². The number of hydrogen-bond donors (Lipinski definition) is 1. The van der Waals surface area contributed by atoms with Crippen LogP contribution in [-0.4, -0.2) is 44.8 Å². The molecule has 0 aromatic carbocycles. The number of ether oxygens (including phenoxy) is 1. The molecule has 0 atom stereocenters. The van der Waals surface area contributed by atoms with E-state index in [1.807, 2.05) is 21.8 Å². The van der Waals surface area contributed by atoms with Gasteiger partial charge in [0.15, 0.2) is 0 Å². The minimum Gasteiger partial charge on any atom is -0.383 e. The highest BCUT2D eigenvalue weighted by Gasteiger charge is 2.08. The van der Waals surface area contributed by atoms with Crippen LogP contribution in [0.25, 0.3) is 0 Å². The third-order valence-electron chi connectivity index (χ3n) is 3.04. The Kier molecular flexibility index (Phi) is 5.89. The molecule has 0 aliphatic rings. The van der Waals surface area contributed by atoms with Gasteiger partial charge in [-0.3, -0.25) is 4.68 Å². The number of hydrogen-bond acceptors (Lipinski definition) is 5. The summed E-state index contributed by atoms with van der Waals surface area (Å²) in [5.41, 5.74) is 1.15. The van der Waals surface area contributed by atoms with Crippen molar-refractivity contribution in [1.29, 1.82) is 0 Å². The lowest BCUT2D eigenvalue weighted by Gasteiger charge is -2.08. The Morgan fingerprint density at radius 2 is 2.19 bits per heavy atom. The molecule has 0 bridgehead atoms. The highest BCUT2D eigenvalue weighted by Crippen LogP contribution is 2.04. The lowest BCUT2D eigenvalue weighted by Crippen LogP contribution is -2.18. The molecule has 1 N–H and O–H groups in total. The van der Waals surface area contributed by atoms with Crippen LogP contribution in [0.3, 0.4) is 0 Å². The molecule has 21 heavy (non-hydrogen) atoms. The highest BCUT2D eigenvalue weighted by molar-refractivity contribution is 5.04. The molecular formula is C14H24N6O. The quantitative estimate of drug-likeness (QED) is 0.696. The van der Waals surface area contributed by atoms with Gasteiger partial charge in [0.05, 0.1) is 12.8 Å². The van der Waals surface area contributed by atoms with Gasteiger partial charge in [-0.25, -0.2) is 9.67 Å². The zero-order valence-corrected chi connectivity index (χ0v) is 13.0. The predicted octanol–water partition coefficient (Wildman–Crippen LogP) is 0.915. The van der Waals surface area contributed by atoms with Crippen LogP contribution in [0.1, 0.15) is 25.2 Å². The highest BCUT2D eigenvalue weighted by atomic mass is 16.5. The van der Waals surface area contributed by atoms with Crippen LogP contribution in [-0.2, 0) is 24.4 Å². The van der Waals surface area contributed by atoms with Crippen LogP contribution >= 0.6 is 0 Å². The van der Waals surface area contributed by atoms with Gasteiger partial charge < -0.3 is 10.1 Å². The van der Waals surface area contributed by atoms with Crippen LogP contribution in [0.5, 0.6) is 0 Å². The summed E-state index contributed by atoms with van der Waals surface area (Å²) in [5, 5.41) is 11.9. The Morgan fingerprint density at radius 1 is 1.33 bits per heavy atom. The Balaban J connectivity index is 1.89. The topological polar surface area (TPSA) is 69.8 Å². The number of rotatable bonds is 9. The van der Waals surface area contributed by atoms with Crippen molar-refractivity contribution in [3.8, 4) is 0 Å². The molecule has 2 aromatic rings. The van der Waals surface area contributed by atoms with Gasteiger partial charge in [0.25, 0.3) is 0 Å². The molecule has 7 heteroatoms. The van der Waals surface area contributed by atoms with E-state index >= 15 is 0 Å². The molecule has 2 aromatic heterocycles. The molecule has 0 saturated carbocycles. The van der Waals surface area contributed by atoms with Crippen molar-refractivity contribution in [2.75, 3.05) is 20.3 Å². The standard InChI is InChI=1S/C14H24N6O/c1-12(2)8-20-14(16-11-18-20)10-19-9-13(7-17-19)6-15-4-5-21-3/h7,9,11-12,15H,4-6,8,10H2,1-3H3. The number of aromatic nitrogens is 5. The van der Waals surface area contributed by atoms with Crippen molar-refractivity contribution >= 4 is 0 Å². The maximum Gasteiger partial charge on any atom is 0.148 e. The average molecular weight is 292 g/mol. The molecule has 2 heterocycles. The summed E-state index contributed by atoms with van der Waals surface area (Å²) in [6.07, 6.45) is 5.52. The van der Waals surface area contributed by atoms with Crippen molar-refractivity contribution in [2.45, 2.75) is 33.5 Å². The minimum absolute atomic E-state index is 0.545. The number of nitrogens with zero attached hydrogens (tertiary/aromatic N) is 5. The first-order valence-corrected chi connectivity index (χ1v) is 7.26. The zero-order valence-electron chi connectivity index (χ0n) is 13.0. The van der Waals surface area contributed by atoms with Crippen molar-refractivity contribution in [3.63, 3.8) is 0 Å². The normalized spacial score (nSPS) is 11.4. The lowest BCUT2D eigenvalue weighted by atomic mass is 10.2. The van der Waals surface area contributed by atoms with Crippen molar-refractivity contribution in [3.05, 3.63) is 30.1 Å². The summed E-state index contributed by atoms with van der Waals surface area (Å²) in [7, 11) is 1.70. The summed E-state index contributed by atoms with van der Waals surface area (Å²) in [4.78, 5) is 4.32. The molecule has 0 aliphatic heterocycles. The summed E-state index contributed by atoms with van der Waals surface area (Å²) in [5.74, 6) is 1.48. The molecule has 0 radical (unpaired) electrons. The van der Waals surface area contributed by atoms with Crippen LogP contribution in [0, 0.1) is 5.92 Å². The van der Waals surface area contributed by atoms with E-state index < -0.39 is 0 Å². The van der Waals surface area contributed by atoms with E-state index in [4.69, 9.17) is 4.74 Å². The summed E-state index contributed by atoms with van der Waals surface area (Å²) >= 11 is 0. The van der Waals surface area contributed by atoms with E-state index in [1.165, 1.54) is 0 Å². The molecule has 0 aliphatic carbocycles. The van der Waals surface area contributed by atoms with Gasteiger partial charge >= 0.3 is 0 Å². The van der Waals surface area contributed by atoms with Crippen LogP contribution in [0.4, 0.5) is 0 Å². The Bertz CT molecular complexity index is 533. The SMILES string of the molecule is COCCNCc1cnn(Cc2ncnn2CC(C)C)c1. The smallest absolute Gasteiger partial charge is 0.148 e. The lowest BCUT2D eigenvalue weighted by molar-refractivity contribution is 0.199. The average Bonchev–Trinajstić information content (AvgIpc) is 3.05. The molecule has 0 fully saturated rings. The van der Waals surface area contributed by atoms with Gasteiger partial charge in [0.2, 0.25) is 0 Å². The van der Waals surface area contributed by atoms with Crippen molar-refractivity contribution in [1.82, 2.24) is 29.9 Å². The van der Waals surface area contributed by atoms with Crippen molar-refractivity contribution in [2.24, 2.45) is 5.92 Å². The van der Waals surface area contributed by atoms with Crippen LogP contribution in [0.2, 0.25) is 0 Å². The van der Waals surface area contributed by atoms with Crippen LogP contribution in [0.15, 0.2) is 18.7 Å². The van der Waals surface area contributed by atoms with Gasteiger partial charge in [-0.2, -0.15) is 10.2 Å². The predicted molar refractivity (Wildman–Crippen MR) is 79.8 cm³/mol. The molecule has 0 amide bonds. The third kappa shape index (κ3) is 4.95. The van der Waals surface area contributed by atoms with Crippen LogP contribution < -0.4 is 5.32 Å². The summed E-state index contributed by atoms with van der Waals surface area (Å²) in [6, 6.07) is 0. The van der Waals surface area contributed by atoms with Gasteiger partial charge in [-0.15, -0.1) is 0 Å². The maximum atomic E-state index is 5.00. The third-order valence-corrected chi connectivity index (χ3v) is 3.04. The minimum atomic E-state index is 0.545. The summed E-state index contributed by atoms with van der Waals surface area (Å²) < 4.78 is 8.84. The van der Waals surface area contributed by atoms with E-state index in [9.17, 15) is 0 Å². The van der Waals surface area contributed by atoms with Gasteiger partial charge in [0, 0.05) is 38.5 Å². The van der Waals surface area contributed by atoms with Crippen molar-refractivity contribution < 1.29 is 4.74 Å². The largest absolute Gasteiger partial charge is 0.383 e. The molecular weight excluding hydrogens is 268 g/mol. The number of methoxy groups -OCH3 is 1. The van der Waals surface area contributed by atoms with Gasteiger partial charge in [0.1, 0.15) is 18.7 Å². The molecule has 0 unspecified atom stereocenters. The first kappa shape index (κ1) is 15.7. The molecule has 0 spiro atoms. The number of nitrogens with one attached hydrogen (secondary N) is 1. The fraction of sp³-hybridized carbons (Fsp3) is 0.643. The second kappa shape index (κ2) is 7.90. The second-order valence-electron chi connectivity index (χ2n) is 5.47. The van der Waals surface area contributed by atoms with E-state index in [0.29, 0.717) is 19.1 Å². The molecule has 0 saturated heterocycles. The molecule has 7 nitrogen and oxygen atoms in total. The van der Waals surface area contributed by atoms with E-state index in [-0.39, 0.29) is 0 Å². The van der Waals surface area contributed by atoms with Gasteiger partial charge in [-0.05, 0) is 5.92 Å². The Hall–Kier alpha value is -1.73. The fourth-order valence-electron chi connectivity index (χ4n) is 2.04. The molecule has 116 valence electrons. The monoisotopic (exact) mass is 292 g/mol. The first-order valence-electron chi connectivity index (χ1n) is 7.26.